The van der Waals surface area contributed by atoms with E-state index in [4.69, 9.17) is 4.74 Å². The molecule has 1 aromatic carbocycles. The second-order valence-corrected chi connectivity index (χ2v) is 3.45. The molecule has 1 saturated carbocycles. The molecule has 1 aromatic rings. The molecule has 0 unspecified atom stereocenters. The molecule has 74 valence electrons. The SMILES string of the molecule is COc1cccc(N(C=O)C2CC2)c1. The van der Waals surface area contributed by atoms with Crippen LogP contribution in [-0.4, -0.2) is 19.6 Å². The first-order valence-electron chi connectivity index (χ1n) is 4.73. The quantitative estimate of drug-likeness (QED) is 0.679. The van der Waals surface area contributed by atoms with Gasteiger partial charge in [-0.1, -0.05) is 6.07 Å². The lowest BCUT2D eigenvalue weighted by Gasteiger charge is -2.16. The maximum Gasteiger partial charge on any atom is 0.214 e. The Balaban J connectivity index is 2.24. The van der Waals surface area contributed by atoms with Gasteiger partial charge in [0.15, 0.2) is 0 Å². The molecule has 14 heavy (non-hydrogen) atoms. The van der Waals surface area contributed by atoms with Gasteiger partial charge in [-0.25, -0.2) is 0 Å². The number of rotatable bonds is 4. The average molecular weight is 191 g/mol. The van der Waals surface area contributed by atoms with Crippen molar-refractivity contribution in [2.45, 2.75) is 18.9 Å². The number of ether oxygens (including phenoxy) is 1. The number of carbonyl (C=O) groups is 1. The number of amides is 1. The molecule has 0 aliphatic heterocycles. The fourth-order valence-corrected chi connectivity index (χ4v) is 1.48. The zero-order valence-electron chi connectivity index (χ0n) is 8.14. The highest BCUT2D eigenvalue weighted by atomic mass is 16.5. The Morgan fingerprint density at radius 2 is 2.29 bits per heavy atom. The highest BCUT2D eigenvalue weighted by molar-refractivity contribution is 5.77. The maximum absolute atomic E-state index is 10.9. The lowest BCUT2D eigenvalue weighted by Crippen LogP contribution is -2.23. The number of hydrogen-bond acceptors (Lipinski definition) is 2. The predicted octanol–water partition coefficient (Wildman–Crippen LogP) is 1.82. The molecule has 0 bridgehead atoms. The minimum atomic E-state index is 0.402. The summed E-state index contributed by atoms with van der Waals surface area (Å²) in [5.74, 6) is 0.787. The van der Waals surface area contributed by atoms with Gasteiger partial charge in [-0.05, 0) is 25.0 Å². The van der Waals surface area contributed by atoms with Crippen molar-refractivity contribution in [3.05, 3.63) is 24.3 Å². The molecule has 0 spiro atoms. The zero-order chi connectivity index (χ0) is 9.97. The van der Waals surface area contributed by atoms with E-state index in [2.05, 4.69) is 0 Å². The molecular weight excluding hydrogens is 178 g/mol. The minimum absolute atomic E-state index is 0.402. The second kappa shape index (κ2) is 3.70. The number of nitrogens with zero attached hydrogens (tertiary/aromatic N) is 1. The first kappa shape index (κ1) is 9.06. The number of benzene rings is 1. The van der Waals surface area contributed by atoms with Crippen molar-refractivity contribution >= 4 is 12.1 Å². The van der Waals surface area contributed by atoms with Crippen LogP contribution in [0.1, 0.15) is 12.8 Å². The van der Waals surface area contributed by atoms with Crippen LogP contribution in [0.5, 0.6) is 5.75 Å². The summed E-state index contributed by atoms with van der Waals surface area (Å²) in [4.78, 5) is 12.6. The Hall–Kier alpha value is -1.51. The third-order valence-corrected chi connectivity index (χ3v) is 2.41. The van der Waals surface area contributed by atoms with Crippen molar-refractivity contribution in [3.8, 4) is 5.75 Å². The van der Waals surface area contributed by atoms with E-state index in [1.54, 1.807) is 12.0 Å². The lowest BCUT2D eigenvalue weighted by molar-refractivity contribution is -0.107. The lowest BCUT2D eigenvalue weighted by atomic mass is 10.3. The molecule has 0 radical (unpaired) electrons. The van der Waals surface area contributed by atoms with Crippen molar-refractivity contribution in [1.29, 1.82) is 0 Å². The Bertz CT molecular complexity index is 334. The Labute approximate surface area is 83.3 Å². The van der Waals surface area contributed by atoms with Gasteiger partial charge in [-0.15, -0.1) is 0 Å². The van der Waals surface area contributed by atoms with Gasteiger partial charge >= 0.3 is 0 Å². The Morgan fingerprint density at radius 3 is 2.86 bits per heavy atom. The molecule has 0 atom stereocenters. The van der Waals surface area contributed by atoms with Gasteiger partial charge in [0, 0.05) is 17.8 Å². The van der Waals surface area contributed by atoms with E-state index in [0.29, 0.717) is 6.04 Å². The first-order valence-corrected chi connectivity index (χ1v) is 4.73. The van der Waals surface area contributed by atoms with E-state index in [9.17, 15) is 4.79 Å². The standard InChI is InChI=1S/C11H13NO2/c1-14-11-4-2-3-10(7-11)12(8-13)9-5-6-9/h2-4,7-9H,5-6H2,1H3. The van der Waals surface area contributed by atoms with E-state index < -0.39 is 0 Å². The normalized spacial score (nSPS) is 14.9. The summed E-state index contributed by atoms with van der Waals surface area (Å²) in [6.07, 6.45) is 3.11. The summed E-state index contributed by atoms with van der Waals surface area (Å²) in [5.41, 5.74) is 0.918. The largest absolute Gasteiger partial charge is 0.497 e. The van der Waals surface area contributed by atoms with E-state index in [0.717, 1.165) is 30.7 Å². The summed E-state index contributed by atoms with van der Waals surface area (Å²) >= 11 is 0. The van der Waals surface area contributed by atoms with Crippen LogP contribution in [0.2, 0.25) is 0 Å². The van der Waals surface area contributed by atoms with E-state index >= 15 is 0 Å². The third kappa shape index (κ3) is 1.71. The number of hydrogen-bond donors (Lipinski definition) is 0. The summed E-state index contributed by atoms with van der Waals surface area (Å²) in [6.45, 7) is 0. The first-order chi connectivity index (χ1) is 6.85. The molecule has 3 heteroatoms. The molecule has 0 N–H and O–H groups in total. The van der Waals surface area contributed by atoms with Crippen LogP contribution in [0.15, 0.2) is 24.3 Å². The van der Waals surface area contributed by atoms with Gasteiger partial charge in [0.1, 0.15) is 5.75 Å². The van der Waals surface area contributed by atoms with Crippen LogP contribution >= 0.6 is 0 Å². The van der Waals surface area contributed by atoms with Gasteiger partial charge in [0.2, 0.25) is 6.41 Å². The van der Waals surface area contributed by atoms with Crippen molar-refractivity contribution < 1.29 is 9.53 Å². The molecule has 1 fully saturated rings. The smallest absolute Gasteiger partial charge is 0.214 e. The monoisotopic (exact) mass is 191 g/mol. The molecule has 3 nitrogen and oxygen atoms in total. The Kier molecular flexibility index (Phi) is 2.39. The van der Waals surface area contributed by atoms with Crippen molar-refractivity contribution in [2.75, 3.05) is 12.0 Å². The third-order valence-electron chi connectivity index (χ3n) is 2.41. The van der Waals surface area contributed by atoms with Crippen molar-refractivity contribution in [3.63, 3.8) is 0 Å². The summed E-state index contributed by atoms with van der Waals surface area (Å²) in [7, 11) is 1.63. The topological polar surface area (TPSA) is 29.5 Å². The fraction of sp³-hybridized carbons (Fsp3) is 0.364. The summed E-state index contributed by atoms with van der Waals surface area (Å²) in [6, 6.07) is 7.98. The predicted molar refractivity (Wildman–Crippen MR) is 54.6 cm³/mol. The number of carbonyl (C=O) groups excluding carboxylic acids is 1. The highest BCUT2D eigenvalue weighted by Gasteiger charge is 2.29. The molecule has 1 amide bonds. The zero-order valence-corrected chi connectivity index (χ0v) is 8.14. The highest BCUT2D eigenvalue weighted by Crippen LogP contribution is 2.31. The molecular formula is C11H13NO2. The van der Waals surface area contributed by atoms with Crippen LogP contribution in [-0.2, 0) is 4.79 Å². The molecule has 2 rings (SSSR count). The van der Waals surface area contributed by atoms with E-state index in [1.807, 2.05) is 24.3 Å². The van der Waals surface area contributed by atoms with Gasteiger partial charge in [-0.3, -0.25) is 4.79 Å². The van der Waals surface area contributed by atoms with Gasteiger partial charge < -0.3 is 9.64 Å². The van der Waals surface area contributed by atoms with E-state index in [-0.39, 0.29) is 0 Å². The maximum atomic E-state index is 10.9. The second-order valence-electron chi connectivity index (χ2n) is 3.45. The summed E-state index contributed by atoms with van der Waals surface area (Å²) in [5, 5.41) is 0. The minimum Gasteiger partial charge on any atom is -0.497 e. The Morgan fingerprint density at radius 1 is 1.50 bits per heavy atom. The average Bonchev–Trinajstić information content (AvgIpc) is 3.04. The number of anilines is 1. The van der Waals surface area contributed by atoms with Crippen LogP contribution in [0.3, 0.4) is 0 Å². The van der Waals surface area contributed by atoms with Crippen LogP contribution < -0.4 is 9.64 Å². The van der Waals surface area contributed by atoms with Gasteiger partial charge in [-0.2, -0.15) is 0 Å². The van der Waals surface area contributed by atoms with Crippen LogP contribution in [0.25, 0.3) is 0 Å². The number of methoxy groups -OCH3 is 1. The van der Waals surface area contributed by atoms with Gasteiger partial charge in [0.25, 0.3) is 0 Å². The van der Waals surface area contributed by atoms with Gasteiger partial charge in [0.05, 0.1) is 7.11 Å². The molecule has 1 aliphatic carbocycles. The van der Waals surface area contributed by atoms with Crippen LogP contribution in [0.4, 0.5) is 5.69 Å². The molecule has 0 aromatic heterocycles. The van der Waals surface area contributed by atoms with E-state index in [1.165, 1.54) is 0 Å². The molecule has 0 saturated heterocycles. The molecule has 1 aliphatic rings. The van der Waals surface area contributed by atoms with Crippen molar-refractivity contribution in [1.82, 2.24) is 0 Å². The molecule has 0 heterocycles. The van der Waals surface area contributed by atoms with Crippen LogP contribution in [0, 0.1) is 0 Å². The van der Waals surface area contributed by atoms with Crippen molar-refractivity contribution in [2.24, 2.45) is 0 Å². The fourth-order valence-electron chi connectivity index (χ4n) is 1.48. The summed E-state index contributed by atoms with van der Waals surface area (Å²) < 4.78 is 5.11.